The van der Waals surface area contributed by atoms with Gasteiger partial charge in [0.1, 0.15) is 5.54 Å². The van der Waals surface area contributed by atoms with Gasteiger partial charge in [0.15, 0.2) is 0 Å². The molecule has 0 bridgehead atoms. The number of rotatable bonds is 4. The van der Waals surface area contributed by atoms with E-state index in [1.54, 1.807) is 6.92 Å². The van der Waals surface area contributed by atoms with E-state index in [1.807, 2.05) is 11.8 Å². The fourth-order valence-corrected chi connectivity index (χ4v) is 3.41. The van der Waals surface area contributed by atoms with E-state index in [9.17, 15) is 4.79 Å². The van der Waals surface area contributed by atoms with Crippen molar-refractivity contribution in [3.8, 4) is 0 Å². The summed E-state index contributed by atoms with van der Waals surface area (Å²) in [6.45, 7) is 4.01. The average Bonchev–Trinajstić information content (AvgIpc) is 2.15. The van der Waals surface area contributed by atoms with Crippen LogP contribution in [0.2, 0.25) is 0 Å². The molecule has 4 N–H and O–H groups in total. The van der Waals surface area contributed by atoms with Gasteiger partial charge in [-0.3, -0.25) is 4.79 Å². The zero-order valence-corrected chi connectivity index (χ0v) is 10.5. The number of nitrogens with two attached hydrogens (primary N) is 2. The first-order valence-electron chi connectivity index (χ1n) is 5.62. The van der Waals surface area contributed by atoms with Crippen molar-refractivity contribution in [2.75, 3.05) is 5.75 Å². The van der Waals surface area contributed by atoms with Gasteiger partial charge in [-0.25, -0.2) is 0 Å². The van der Waals surface area contributed by atoms with Crippen LogP contribution in [0.3, 0.4) is 0 Å². The summed E-state index contributed by atoms with van der Waals surface area (Å²) in [5, 5.41) is 0.663. The number of thioether (sulfide) groups is 1. The monoisotopic (exact) mass is 230 g/mol. The second-order valence-electron chi connectivity index (χ2n) is 4.99. The molecule has 1 aliphatic rings. The summed E-state index contributed by atoms with van der Waals surface area (Å²) in [6, 6.07) is 0. The molecule has 1 rings (SSSR count). The maximum absolute atomic E-state index is 11.0. The van der Waals surface area contributed by atoms with Crippen LogP contribution >= 0.6 is 11.8 Å². The summed E-state index contributed by atoms with van der Waals surface area (Å²) in [7, 11) is 0. The molecule has 15 heavy (non-hydrogen) atoms. The van der Waals surface area contributed by atoms with Crippen LogP contribution in [0.5, 0.6) is 0 Å². The van der Waals surface area contributed by atoms with E-state index in [0.29, 0.717) is 11.0 Å². The third-order valence-electron chi connectivity index (χ3n) is 3.07. The highest BCUT2D eigenvalue weighted by molar-refractivity contribution is 8.00. The molecule has 0 spiro atoms. The lowest BCUT2D eigenvalue weighted by atomic mass is 9.91. The van der Waals surface area contributed by atoms with Crippen LogP contribution in [0, 0.1) is 5.92 Å². The zero-order chi connectivity index (χ0) is 11.5. The number of carbonyl (C=O) groups is 1. The molecule has 1 saturated carbocycles. The highest BCUT2D eigenvalue weighted by Gasteiger charge is 2.28. The first-order valence-corrected chi connectivity index (χ1v) is 6.67. The summed E-state index contributed by atoms with van der Waals surface area (Å²) >= 11 is 1.81. The molecule has 1 fully saturated rings. The Morgan fingerprint density at radius 2 is 2.20 bits per heavy atom. The minimum Gasteiger partial charge on any atom is -0.368 e. The molecule has 0 aromatic rings. The number of hydrogen-bond acceptors (Lipinski definition) is 3. The molecule has 0 saturated heterocycles. The Labute approximate surface area is 96.3 Å². The van der Waals surface area contributed by atoms with E-state index >= 15 is 0 Å². The van der Waals surface area contributed by atoms with Gasteiger partial charge in [-0.05, 0) is 25.7 Å². The van der Waals surface area contributed by atoms with Gasteiger partial charge in [0.2, 0.25) is 5.91 Å². The zero-order valence-electron chi connectivity index (χ0n) is 9.66. The summed E-state index contributed by atoms with van der Waals surface area (Å²) in [5.74, 6) is 1.05. The van der Waals surface area contributed by atoms with Crippen molar-refractivity contribution in [2.24, 2.45) is 17.4 Å². The summed E-state index contributed by atoms with van der Waals surface area (Å²) < 4.78 is 0. The van der Waals surface area contributed by atoms with E-state index in [2.05, 4.69) is 6.92 Å². The third kappa shape index (κ3) is 4.03. The van der Waals surface area contributed by atoms with Crippen molar-refractivity contribution in [3.05, 3.63) is 0 Å². The van der Waals surface area contributed by atoms with Gasteiger partial charge >= 0.3 is 0 Å². The smallest absolute Gasteiger partial charge is 0.238 e. The van der Waals surface area contributed by atoms with Crippen molar-refractivity contribution in [1.82, 2.24) is 0 Å². The molecule has 0 aromatic carbocycles. The molecule has 3 atom stereocenters. The summed E-state index contributed by atoms with van der Waals surface area (Å²) in [6.07, 6.45) is 5.15. The lowest BCUT2D eigenvalue weighted by molar-refractivity contribution is -0.121. The van der Waals surface area contributed by atoms with Crippen LogP contribution in [0.4, 0.5) is 0 Å². The van der Waals surface area contributed by atoms with Gasteiger partial charge in [0.25, 0.3) is 0 Å². The van der Waals surface area contributed by atoms with Crippen LogP contribution in [0.1, 0.15) is 39.5 Å². The lowest BCUT2D eigenvalue weighted by Crippen LogP contribution is -2.51. The van der Waals surface area contributed by atoms with Crippen LogP contribution in [0.15, 0.2) is 0 Å². The van der Waals surface area contributed by atoms with Gasteiger partial charge in [0, 0.05) is 11.0 Å². The lowest BCUT2D eigenvalue weighted by Gasteiger charge is -2.29. The topological polar surface area (TPSA) is 69.1 Å². The minimum absolute atomic E-state index is 0.404. The molecule has 0 heterocycles. The fourth-order valence-electron chi connectivity index (χ4n) is 1.89. The Morgan fingerprint density at radius 1 is 1.53 bits per heavy atom. The number of primary amides is 1. The summed E-state index contributed by atoms with van der Waals surface area (Å²) in [5.41, 5.74) is 10.2. The molecule has 0 radical (unpaired) electrons. The Morgan fingerprint density at radius 3 is 2.73 bits per heavy atom. The van der Waals surface area contributed by atoms with Crippen molar-refractivity contribution in [1.29, 1.82) is 0 Å². The highest BCUT2D eigenvalue weighted by atomic mass is 32.2. The molecule has 0 aromatic heterocycles. The van der Waals surface area contributed by atoms with Gasteiger partial charge in [-0.2, -0.15) is 11.8 Å². The Kier molecular flexibility index (Phi) is 4.46. The Bertz CT molecular complexity index is 231. The second kappa shape index (κ2) is 5.21. The molecule has 0 aliphatic heterocycles. The average molecular weight is 230 g/mol. The minimum atomic E-state index is -0.856. The highest BCUT2D eigenvalue weighted by Crippen LogP contribution is 2.32. The van der Waals surface area contributed by atoms with Crippen molar-refractivity contribution in [3.63, 3.8) is 0 Å². The SMILES string of the molecule is CC1CCCC(SCC(C)(N)C(N)=O)C1. The number of carbonyl (C=O) groups excluding carboxylic acids is 1. The Hall–Kier alpha value is -0.220. The van der Waals surface area contributed by atoms with E-state index in [-0.39, 0.29) is 0 Å². The maximum atomic E-state index is 11.0. The second-order valence-corrected chi connectivity index (χ2v) is 6.28. The van der Waals surface area contributed by atoms with Gasteiger partial charge in [-0.15, -0.1) is 0 Å². The van der Waals surface area contributed by atoms with E-state index in [1.165, 1.54) is 25.7 Å². The molecule has 88 valence electrons. The standard InChI is InChI=1S/C11H22N2OS/c1-8-4-3-5-9(6-8)15-7-11(2,13)10(12)14/h8-9H,3-7,13H2,1-2H3,(H2,12,14). The molecule has 1 amide bonds. The van der Waals surface area contributed by atoms with E-state index < -0.39 is 11.4 Å². The number of amides is 1. The molecule has 3 nitrogen and oxygen atoms in total. The predicted octanol–water partition coefficient (Wildman–Crippen LogP) is 1.50. The normalized spacial score (nSPS) is 30.9. The van der Waals surface area contributed by atoms with Crippen molar-refractivity contribution in [2.45, 2.75) is 50.3 Å². The molecule has 3 unspecified atom stereocenters. The largest absolute Gasteiger partial charge is 0.368 e. The van der Waals surface area contributed by atoms with Crippen LogP contribution in [-0.4, -0.2) is 22.4 Å². The van der Waals surface area contributed by atoms with E-state index in [0.717, 1.165) is 5.92 Å². The van der Waals surface area contributed by atoms with Gasteiger partial charge in [-0.1, -0.05) is 19.8 Å². The van der Waals surface area contributed by atoms with Crippen LogP contribution < -0.4 is 11.5 Å². The first kappa shape index (κ1) is 12.8. The van der Waals surface area contributed by atoms with Crippen LogP contribution in [0.25, 0.3) is 0 Å². The van der Waals surface area contributed by atoms with E-state index in [4.69, 9.17) is 11.5 Å². The maximum Gasteiger partial charge on any atom is 0.238 e. The van der Waals surface area contributed by atoms with Crippen LogP contribution in [-0.2, 0) is 4.79 Å². The quantitative estimate of drug-likeness (QED) is 0.769. The fraction of sp³-hybridized carbons (Fsp3) is 0.909. The molecule has 1 aliphatic carbocycles. The molecule has 4 heteroatoms. The first-order chi connectivity index (χ1) is 6.92. The molecular weight excluding hydrogens is 208 g/mol. The van der Waals surface area contributed by atoms with Crippen molar-refractivity contribution >= 4 is 17.7 Å². The van der Waals surface area contributed by atoms with Gasteiger partial charge < -0.3 is 11.5 Å². The third-order valence-corrected chi connectivity index (χ3v) is 4.74. The van der Waals surface area contributed by atoms with Gasteiger partial charge in [0.05, 0.1) is 0 Å². The predicted molar refractivity (Wildman–Crippen MR) is 65.7 cm³/mol. The number of hydrogen-bond donors (Lipinski definition) is 2. The Balaban J connectivity index is 2.33. The molecular formula is C11H22N2OS. The summed E-state index contributed by atoms with van der Waals surface area (Å²) in [4.78, 5) is 11.0. The van der Waals surface area contributed by atoms with Crippen molar-refractivity contribution < 1.29 is 4.79 Å².